The van der Waals surface area contributed by atoms with Gasteiger partial charge in [0.05, 0.1) is 25.3 Å². The number of aliphatic hydroxyl groups is 6. The fourth-order valence-corrected chi connectivity index (χ4v) is 2.08. The summed E-state index contributed by atoms with van der Waals surface area (Å²) in [4.78, 5) is 10.4. The number of aliphatic hydroxyl groups excluding tert-OH is 6. The van der Waals surface area contributed by atoms with Crippen LogP contribution in [0.25, 0.3) is 0 Å². The van der Waals surface area contributed by atoms with Gasteiger partial charge in [-0.15, -0.1) is 0 Å². The van der Waals surface area contributed by atoms with E-state index in [9.17, 15) is 30.3 Å². The largest absolute Gasteiger partial charge is 0.394 e. The zero-order chi connectivity index (χ0) is 17.7. The van der Waals surface area contributed by atoms with Crippen LogP contribution in [-0.4, -0.2) is 105 Å². The minimum Gasteiger partial charge on any atom is -0.394 e. The highest BCUT2D eigenvalue weighted by Gasteiger charge is 2.43. The second-order valence-electron chi connectivity index (χ2n) is 5.38. The molecule has 0 bridgehead atoms. The molecule has 1 aliphatic heterocycles. The molecule has 136 valence electrons. The van der Waals surface area contributed by atoms with Crippen LogP contribution in [-0.2, 0) is 14.3 Å². The van der Waals surface area contributed by atoms with E-state index in [1.54, 1.807) is 0 Å². The Hall–Kier alpha value is -0.730. The van der Waals surface area contributed by atoms with Crippen molar-refractivity contribution in [2.75, 3.05) is 13.2 Å². The fourth-order valence-electron chi connectivity index (χ4n) is 2.08. The third kappa shape index (κ3) is 4.87. The molecule has 0 aromatic carbocycles. The Bertz CT molecular complexity index is 372. The van der Waals surface area contributed by atoms with Crippen molar-refractivity contribution in [1.82, 2.24) is 0 Å². The van der Waals surface area contributed by atoms with Gasteiger partial charge in [-0.1, -0.05) is 0 Å². The molecule has 0 aromatic rings. The predicted molar refractivity (Wildman–Crippen MR) is 73.7 cm³/mol. The van der Waals surface area contributed by atoms with Gasteiger partial charge in [-0.05, 0) is 0 Å². The third-order valence-electron chi connectivity index (χ3n) is 3.66. The maximum absolute atomic E-state index is 10.4. The minimum absolute atomic E-state index is 0.214. The molecule has 0 amide bonds. The quantitative estimate of drug-likeness (QED) is 0.195. The number of ether oxygens (including phenoxy) is 2. The lowest BCUT2D eigenvalue weighted by Crippen LogP contribution is -2.63. The van der Waals surface area contributed by atoms with Crippen LogP contribution in [0.5, 0.6) is 0 Å². The molecule has 1 heterocycles. The van der Waals surface area contributed by atoms with Crippen LogP contribution in [0.15, 0.2) is 0 Å². The molecule has 0 spiro atoms. The molecule has 0 unspecified atom stereocenters. The Kier molecular flexibility index (Phi) is 7.89. The van der Waals surface area contributed by atoms with Crippen LogP contribution >= 0.6 is 0 Å². The van der Waals surface area contributed by atoms with Crippen LogP contribution in [0.2, 0.25) is 0 Å². The SMILES string of the molecule is N[C@@H]1[C@H](OC[C@@H](O)[C@@H](O)[C@H](O)[C@H](N)C=O)O[C@H](CO)[C@@H](O)[C@@H]1O. The molecule has 0 aliphatic carbocycles. The molecule has 23 heavy (non-hydrogen) atoms. The maximum Gasteiger partial charge on any atom is 0.175 e. The van der Waals surface area contributed by atoms with Crippen LogP contribution in [0.3, 0.4) is 0 Å². The van der Waals surface area contributed by atoms with Crippen LogP contribution < -0.4 is 11.5 Å². The van der Waals surface area contributed by atoms with Crippen LogP contribution in [0.4, 0.5) is 0 Å². The second kappa shape index (κ2) is 8.94. The summed E-state index contributed by atoms with van der Waals surface area (Å²) in [7, 11) is 0. The molecule has 0 aromatic heterocycles. The van der Waals surface area contributed by atoms with E-state index in [0.717, 1.165) is 0 Å². The monoisotopic (exact) mass is 340 g/mol. The van der Waals surface area contributed by atoms with Crippen LogP contribution in [0, 0.1) is 0 Å². The van der Waals surface area contributed by atoms with Gasteiger partial charge in [-0.25, -0.2) is 0 Å². The van der Waals surface area contributed by atoms with Gasteiger partial charge in [0, 0.05) is 0 Å². The molecule has 1 fully saturated rings. The van der Waals surface area contributed by atoms with Gasteiger partial charge < -0.3 is 56.4 Å². The Morgan fingerprint density at radius 2 is 1.78 bits per heavy atom. The van der Waals surface area contributed by atoms with Crippen molar-refractivity contribution in [3.63, 3.8) is 0 Å². The summed E-state index contributed by atoms with van der Waals surface area (Å²) in [6.45, 7) is -1.16. The normalized spacial score (nSPS) is 37.0. The smallest absolute Gasteiger partial charge is 0.175 e. The second-order valence-corrected chi connectivity index (χ2v) is 5.38. The number of rotatable bonds is 8. The van der Waals surface area contributed by atoms with E-state index in [1.807, 2.05) is 0 Å². The fraction of sp³-hybridized carbons (Fsp3) is 0.917. The molecule has 0 radical (unpaired) electrons. The first-order valence-corrected chi connectivity index (χ1v) is 6.99. The van der Waals surface area contributed by atoms with E-state index < -0.39 is 68.2 Å². The molecule has 11 heteroatoms. The highest BCUT2D eigenvalue weighted by atomic mass is 16.7. The Morgan fingerprint density at radius 1 is 1.17 bits per heavy atom. The lowest BCUT2D eigenvalue weighted by Gasteiger charge is -2.40. The first kappa shape index (κ1) is 20.3. The van der Waals surface area contributed by atoms with Gasteiger partial charge in [0.25, 0.3) is 0 Å². The van der Waals surface area contributed by atoms with E-state index in [1.165, 1.54) is 0 Å². The summed E-state index contributed by atoms with van der Waals surface area (Å²) in [6.07, 6.45) is -10.1. The minimum atomic E-state index is -1.76. The zero-order valence-electron chi connectivity index (χ0n) is 12.3. The van der Waals surface area contributed by atoms with Gasteiger partial charge in [-0.2, -0.15) is 0 Å². The summed E-state index contributed by atoms with van der Waals surface area (Å²) in [5, 5.41) is 57.3. The van der Waals surface area contributed by atoms with E-state index >= 15 is 0 Å². The number of aldehydes is 1. The number of carbonyl (C=O) groups is 1. The summed E-state index contributed by atoms with van der Waals surface area (Å²) in [5.41, 5.74) is 10.8. The average Bonchev–Trinajstić information content (AvgIpc) is 2.56. The molecular formula is C12H24N2O9. The molecule has 1 rings (SSSR count). The number of hydrogen-bond acceptors (Lipinski definition) is 11. The van der Waals surface area contributed by atoms with Gasteiger partial charge in [-0.3, -0.25) is 0 Å². The van der Waals surface area contributed by atoms with E-state index in [2.05, 4.69) is 0 Å². The summed E-state index contributed by atoms with van der Waals surface area (Å²) >= 11 is 0. The summed E-state index contributed by atoms with van der Waals surface area (Å²) in [6, 6.07) is -2.55. The highest BCUT2D eigenvalue weighted by Crippen LogP contribution is 2.21. The van der Waals surface area contributed by atoms with Gasteiger partial charge in [0.2, 0.25) is 0 Å². The summed E-state index contributed by atoms with van der Waals surface area (Å²) in [5.74, 6) is 0. The van der Waals surface area contributed by atoms with Crippen molar-refractivity contribution in [2.45, 2.75) is 55.0 Å². The third-order valence-corrected chi connectivity index (χ3v) is 3.66. The van der Waals surface area contributed by atoms with Gasteiger partial charge in [0.1, 0.15) is 42.9 Å². The lowest BCUT2D eigenvalue weighted by molar-refractivity contribution is -0.273. The van der Waals surface area contributed by atoms with Crippen molar-refractivity contribution in [3.8, 4) is 0 Å². The molecule has 1 aliphatic rings. The van der Waals surface area contributed by atoms with Crippen molar-refractivity contribution in [2.24, 2.45) is 11.5 Å². The highest BCUT2D eigenvalue weighted by molar-refractivity contribution is 5.58. The van der Waals surface area contributed by atoms with Crippen molar-refractivity contribution >= 4 is 6.29 Å². The summed E-state index contributed by atoms with van der Waals surface area (Å²) < 4.78 is 10.3. The topological polar surface area (TPSA) is 209 Å². The molecular weight excluding hydrogens is 316 g/mol. The Balaban J connectivity index is 2.57. The van der Waals surface area contributed by atoms with E-state index in [-0.39, 0.29) is 6.29 Å². The Labute approximate surface area is 132 Å². The first-order chi connectivity index (χ1) is 10.7. The molecule has 1 saturated heterocycles. The number of carbonyl (C=O) groups excluding carboxylic acids is 1. The molecule has 10 N–H and O–H groups in total. The Morgan fingerprint density at radius 3 is 2.30 bits per heavy atom. The number of hydrogen-bond donors (Lipinski definition) is 8. The standard InChI is InChI=1S/C12H24N2O9/c13-4(1-15)8(18)9(19)5(17)3-22-12-7(14)11(21)10(20)6(2-16)23-12/h1,4-12,16-21H,2-3,13-14H2/t4-,5-,6-,7+,8-,9-,10-,11-,12-/m1/s1. The maximum atomic E-state index is 10.4. The van der Waals surface area contributed by atoms with E-state index in [0.29, 0.717) is 0 Å². The zero-order valence-corrected chi connectivity index (χ0v) is 12.3. The van der Waals surface area contributed by atoms with E-state index in [4.69, 9.17) is 26.0 Å². The lowest BCUT2D eigenvalue weighted by atomic mass is 9.98. The molecule has 0 saturated carbocycles. The van der Waals surface area contributed by atoms with Crippen molar-refractivity contribution in [1.29, 1.82) is 0 Å². The average molecular weight is 340 g/mol. The molecule has 11 nitrogen and oxygen atoms in total. The van der Waals surface area contributed by atoms with Gasteiger partial charge >= 0.3 is 0 Å². The van der Waals surface area contributed by atoms with Crippen molar-refractivity contribution in [3.05, 3.63) is 0 Å². The van der Waals surface area contributed by atoms with Crippen LogP contribution in [0.1, 0.15) is 0 Å². The van der Waals surface area contributed by atoms with Crippen molar-refractivity contribution < 1.29 is 44.9 Å². The molecule has 9 atom stereocenters. The first-order valence-electron chi connectivity index (χ1n) is 6.99. The van der Waals surface area contributed by atoms with Gasteiger partial charge in [0.15, 0.2) is 6.29 Å². The number of nitrogens with two attached hydrogens (primary N) is 2. The predicted octanol–water partition coefficient (Wildman–Crippen LogP) is -5.62.